The van der Waals surface area contributed by atoms with Crippen LogP contribution in [0.3, 0.4) is 0 Å². The molecule has 1 N–H and O–H groups in total. The van der Waals surface area contributed by atoms with Gasteiger partial charge >= 0.3 is 0 Å². The molecule has 0 saturated carbocycles. The van der Waals surface area contributed by atoms with Crippen LogP contribution in [0.5, 0.6) is 0 Å². The largest absolute Gasteiger partial charge is 0.271 e. The standard InChI is InChI=1S/C19H17ClN4O/c1-13-8-10-16(11-9-13)24-18(20)17(14(2)23-24)12-21-22-19(25)15-6-4-3-5-7-15/h3-12H,1-2H3,(H,22,25)/b21-12-. The van der Waals surface area contributed by atoms with E-state index in [1.165, 1.54) is 6.21 Å². The smallest absolute Gasteiger partial charge is 0.267 e. The van der Waals surface area contributed by atoms with E-state index < -0.39 is 0 Å². The van der Waals surface area contributed by atoms with Crippen LogP contribution >= 0.6 is 11.6 Å². The van der Waals surface area contributed by atoms with Crippen LogP contribution < -0.4 is 5.43 Å². The van der Waals surface area contributed by atoms with Gasteiger partial charge in [0.2, 0.25) is 0 Å². The molecule has 1 heterocycles. The Morgan fingerprint density at radius 3 is 2.48 bits per heavy atom. The number of hydrogen-bond acceptors (Lipinski definition) is 3. The number of nitrogens with one attached hydrogen (secondary N) is 1. The van der Waals surface area contributed by atoms with Gasteiger partial charge in [-0.05, 0) is 38.1 Å². The maximum atomic E-state index is 12.0. The van der Waals surface area contributed by atoms with Crippen molar-refractivity contribution in [3.8, 4) is 5.69 Å². The van der Waals surface area contributed by atoms with Crippen molar-refractivity contribution >= 4 is 23.7 Å². The van der Waals surface area contributed by atoms with E-state index in [9.17, 15) is 4.79 Å². The van der Waals surface area contributed by atoms with Crippen LogP contribution in [0, 0.1) is 13.8 Å². The average Bonchev–Trinajstić information content (AvgIpc) is 2.91. The number of aromatic nitrogens is 2. The van der Waals surface area contributed by atoms with Gasteiger partial charge in [-0.2, -0.15) is 10.2 Å². The minimum Gasteiger partial charge on any atom is -0.267 e. The molecule has 6 heteroatoms. The normalized spacial score (nSPS) is 11.0. The van der Waals surface area contributed by atoms with Crippen molar-refractivity contribution in [1.29, 1.82) is 0 Å². The summed E-state index contributed by atoms with van der Waals surface area (Å²) in [4.78, 5) is 12.0. The predicted octanol–water partition coefficient (Wildman–Crippen LogP) is 3.91. The summed E-state index contributed by atoms with van der Waals surface area (Å²) in [6.07, 6.45) is 1.51. The molecule has 126 valence electrons. The molecule has 0 unspecified atom stereocenters. The van der Waals surface area contributed by atoms with Crippen molar-refractivity contribution in [1.82, 2.24) is 15.2 Å². The molecule has 3 aromatic rings. The highest BCUT2D eigenvalue weighted by Crippen LogP contribution is 2.22. The second-order valence-electron chi connectivity index (χ2n) is 5.60. The van der Waals surface area contributed by atoms with E-state index in [-0.39, 0.29) is 5.91 Å². The monoisotopic (exact) mass is 352 g/mol. The lowest BCUT2D eigenvalue weighted by molar-refractivity contribution is 0.0955. The fourth-order valence-electron chi connectivity index (χ4n) is 2.32. The molecular formula is C19H17ClN4O. The fraction of sp³-hybridized carbons (Fsp3) is 0.105. The first-order valence-electron chi connectivity index (χ1n) is 7.77. The van der Waals surface area contributed by atoms with Gasteiger partial charge in [0.05, 0.1) is 23.2 Å². The number of carbonyl (C=O) groups excluding carboxylic acids is 1. The number of carbonyl (C=O) groups is 1. The quantitative estimate of drug-likeness (QED) is 0.571. The third kappa shape index (κ3) is 3.78. The topological polar surface area (TPSA) is 59.3 Å². The third-order valence-corrected chi connectivity index (χ3v) is 4.09. The number of nitrogens with zero attached hydrogens (tertiary/aromatic N) is 3. The molecular weight excluding hydrogens is 336 g/mol. The van der Waals surface area contributed by atoms with Crippen LogP contribution in [-0.2, 0) is 0 Å². The highest BCUT2D eigenvalue weighted by Gasteiger charge is 2.13. The molecule has 0 aliphatic rings. The number of aryl methyl sites for hydroxylation is 2. The summed E-state index contributed by atoms with van der Waals surface area (Å²) in [6, 6.07) is 16.8. The summed E-state index contributed by atoms with van der Waals surface area (Å²) in [7, 11) is 0. The highest BCUT2D eigenvalue weighted by atomic mass is 35.5. The van der Waals surface area contributed by atoms with Gasteiger partial charge in [0, 0.05) is 5.56 Å². The minimum absolute atomic E-state index is 0.281. The molecule has 0 bridgehead atoms. The van der Waals surface area contributed by atoms with Crippen molar-refractivity contribution in [3.05, 3.63) is 82.1 Å². The van der Waals surface area contributed by atoms with Crippen LogP contribution in [0.15, 0.2) is 59.7 Å². The van der Waals surface area contributed by atoms with E-state index in [0.717, 1.165) is 16.9 Å². The Morgan fingerprint density at radius 2 is 1.80 bits per heavy atom. The van der Waals surface area contributed by atoms with Gasteiger partial charge in [0.1, 0.15) is 5.15 Å². The number of amides is 1. The third-order valence-electron chi connectivity index (χ3n) is 3.72. The van der Waals surface area contributed by atoms with Crippen LogP contribution in [-0.4, -0.2) is 21.9 Å². The molecule has 0 atom stereocenters. The highest BCUT2D eigenvalue weighted by molar-refractivity contribution is 6.32. The van der Waals surface area contributed by atoms with E-state index in [4.69, 9.17) is 11.6 Å². The lowest BCUT2D eigenvalue weighted by Crippen LogP contribution is -2.17. The van der Waals surface area contributed by atoms with Gasteiger partial charge in [-0.3, -0.25) is 4.79 Å². The Hall–Kier alpha value is -2.92. The Morgan fingerprint density at radius 1 is 1.12 bits per heavy atom. The Kier molecular flexibility index (Phi) is 4.95. The van der Waals surface area contributed by atoms with Crippen molar-refractivity contribution in [2.45, 2.75) is 13.8 Å². The van der Waals surface area contributed by atoms with Gasteiger partial charge in [-0.15, -0.1) is 0 Å². The molecule has 0 radical (unpaired) electrons. The molecule has 0 saturated heterocycles. The number of hydrogen-bond donors (Lipinski definition) is 1. The first-order valence-corrected chi connectivity index (χ1v) is 8.14. The second-order valence-corrected chi connectivity index (χ2v) is 5.96. The van der Waals surface area contributed by atoms with Crippen molar-refractivity contribution in [3.63, 3.8) is 0 Å². The van der Waals surface area contributed by atoms with Gasteiger partial charge in [0.25, 0.3) is 5.91 Å². The summed E-state index contributed by atoms with van der Waals surface area (Å²) < 4.78 is 1.65. The molecule has 2 aromatic carbocycles. The van der Waals surface area contributed by atoms with E-state index in [1.807, 2.05) is 44.2 Å². The van der Waals surface area contributed by atoms with E-state index >= 15 is 0 Å². The van der Waals surface area contributed by atoms with Crippen molar-refractivity contribution in [2.24, 2.45) is 5.10 Å². The number of hydrazone groups is 1. The molecule has 0 aliphatic carbocycles. The van der Waals surface area contributed by atoms with E-state index in [1.54, 1.807) is 28.9 Å². The molecule has 1 amide bonds. The minimum atomic E-state index is -0.281. The number of benzene rings is 2. The van der Waals surface area contributed by atoms with Crippen molar-refractivity contribution < 1.29 is 4.79 Å². The molecule has 3 rings (SSSR count). The molecule has 0 aliphatic heterocycles. The van der Waals surface area contributed by atoms with Crippen molar-refractivity contribution in [2.75, 3.05) is 0 Å². The predicted molar refractivity (Wildman–Crippen MR) is 99.6 cm³/mol. The second kappa shape index (κ2) is 7.32. The zero-order valence-corrected chi connectivity index (χ0v) is 14.7. The molecule has 1 aromatic heterocycles. The maximum Gasteiger partial charge on any atom is 0.271 e. The Bertz CT molecular complexity index is 915. The van der Waals surface area contributed by atoms with Crippen LogP contribution in [0.1, 0.15) is 27.2 Å². The van der Waals surface area contributed by atoms with Crippen LogP contribution in [0.25, 0.3) is 5.69 Å². The average molecular weight is 353 g/mol. The van der Waals surface area contributed by atoms with Gasteiger partial charge < -0.3 is 0 Å². The zero-order chi connectivity index (χ0) is 17.8. The summed E-state index contributed by atoms with van der Waals surface area (Å²) in [5.74, 6) is -0.281. The van der Waals surface area contributed by atoms with E-state index in [2.05, 4.69) is 15.6 Å². The Labute approximate surface area is 150 Å². The first kappa shape index (κ1) is 16.9. The molecule has 0 spiro atoms. The fourth-order valence-corrected chi connectivity index (χ4v) is 2.65. The number of rotatable bonds is 4. The zero-order valence-electron chi connectivity index (χ0n) is 13.9. The van der Waals surface area contributed by atoms with Crippen LogP contribution in [0.4, 0.5) is 0 Å². The molecule has 0 fully saturated rings. The van der Waals surface area contributed by atoms with Crippen LogP contribution in [0.2, 0.25) is 5.15 Å². The molecule has 5 nitrogen and oxygen atoms in total. The van der Waals surface area contributed by atoms with Gasteiger partial charge in [0.15, 0.2) is 0 Å². The SMILES string of the molecule is Cc1ccc(-n2nc(C)c(/C=N\NC(=O)c3ccccc3)c2Cl)cc1. The summed E-state index contributed by atoms with van der Waals surface area (Å²) in [6.45, 7) is 3.87. The Balaban J connectivity index is 1.79. The first-order chi connectivity index (χ1) is 12.1. The number of halogens is 1. The maximum absolute atomic E-state index is 12.0. The van der Waals surface area contributed by atoms with Gasteiger partial charge in [-0.25, -0.2) is 10.1 Å². The summed E-state index contributed by atoms with van der Waals surface area (Å²) in [5.41, 5.74) is 6.45. The lowest BCUT2D eigenvalue weighted by atomic mass is 10.2. The molecule has 25 heavy (non-hydrogen) atoms. The van der Waals surface area contributed by atoms with Gasteiger partial charge in [-0.1, -0.05) is 47.5 Å². The van der Waals surface area contributed by atoms with E-state index in [0.29, 0.717) is 16.3 Å². The summed E-state index contributed by atoms with van der Waals surface area (Å²) >= 11 is 6.43. The lowest BCUT2D eigenvalue weighted by Gasteiger charge is -2.03. The summed E-state index contributed by atoms with van der Waals surface area (Å²) in [5, 5.41) is 8.89.